The van der Waals surface area contributed by atoms with E-state index in [-0.39, 0.29) is 23.8 Å². The maximum atomic E-state index is 12.4. The molecule has 0 aliphatic heterocycles. The van der Waals surface area contributed by atoms with Gasteiger partial charge in [-0.15, -0.1) is 0 Å². The SMILES string of the molecule is CCCCn1nc(C(=O)OCc2ccc(C(=O)Nc3ccc(OC)cc3)cc2)ccc1=O. The van der Waals surface area contributed by atoms with Gasteiger partial charge in [0.1, 0.15) is 12.4 Å². The molecule has 32 heavy (non-hydrogen) atoms. The van der Waals surface area contributed by atoms with Crippen LogP contribution >= 0.6 is 0 Å². The highest BCUT2D eigenvalue weighted by Crippen LogP contribution is 2.16. The normalized spacial score (nSPS) is 10.4. The number of esters is 1. The molecule has 8 nitrogen and oxygen atoms in total. The number of ether oxygens (including phenoxy) is 2. The van der Waals surface area contributed by atoms with Crippen molar-refractivity contribution < 1.29 is 19.1 Å². The third-order valence-electron chi connectivity index (χ3n) is 4.73. The minimum atomic E-state index is -0.614. The van der Waals surface area contributed by atoms with Crippen molar-refractivity contribution in [3.63, 3.8) is 0 Å². The average molecular weight is 435 g/mol. The Kier molecular flexibility index (Phi) is 7.75. The number of carbonyl (C=O) groups excluding carboxylic acids is 2. The molecular formula is C24H25N3O5. The lowest BCUT2D eigenvalue weighted by atomic mass is 10.1. The summed E-state index contributed by atoms with van der Waals surface area (Å²) in [6, 6.07) is 16.5. The summed E-state index contributed by atoms with van der Waals surface area (Å²) >= 11 is 0. The van der Waals surface area contributed by atoms with Crippen molar-refractivity contribution >= 4 is 17.6 Å². The highest BCUT2D eigenvalue weighted by atomic mass is 16.5. The van der Waals surface area contributed by atoms with Crippen LogP contribution in [0.3, 0.4) is 0 Å². The number of nitrogens with one attached hydrogen (secondary N) is 1. The third kappa shape index (κ3) is 6.04. The standard InChI is InChI=1S/C24H25N3O5/c1-3-4-15-27-22(28)14-13-21(26-27)24(30)32-16-17-5-7-18(8-6-17)23(29)25-19-9-11-20(31-2)12-10-19/h5-14H,3-4,15-16H2,1-2H3,(H,25,29). The van der Waals surface area contributed by atoms with Gasteiger partial charge < -0.3 is 14.8 Å². The van der Waals surface area contributed by atoms with Crippen molar-refractivity contribution in [1.82, 2.24) is 9.78 Å². The predicted molar refractivity (Wildman–Crippen MR) is 120 cm³/mol. The van der Waals surface area contributed by atoms with Crippen molar-refractivity contribution in [3.8, 4) is 5.75 Å². The topological polar surface area (TPSA) is 99.5 Å². The molecule has 1 aromatic heterocycles. The predicted octanol–water partition coefficient (Wildman–Crippen LogP) is 3.66. The second-order valence-corrected chi connectivity index (χ2v) is 7.09. The molecule has 0 saturated carbocycles. The molecule has 0 radical (unpaired) electrons. The number of nitrogens with zero attached hydrogens (tertiary/aromatic N) is 2. The number of aromatic nitrogens is 2. The second-order valence-electron chi connectivity index (χ2n) is 7.09. The number of benzene rings is 2. The van der Waals surface area contributed by atoms with Gasteiger partial charge in [-0.2, -0.15) is 5.10 Å². The van der Waals surface area contributed by atoms with Gasteiger partial charge in [-0.1, -0.05) is 25.5 Å². The Morgan fingerprint density at radius 2 is 1.72 bits per heavy atom. The Hall–Kier alpha value is -3.94. The number of hydrogen-bond acceptors (Lipinski definition) is 6. The Labute approximate surface area is 185 Å². The zero-order valence-corrected chi connectivity index (χ0v) is 18.0. The second kappa shape index (κ2) is 10.9. The molecule has 0 spiro atoms. The summed E-state index contributed by atoms with van der Waals surface area (Å²) in [7, 11) is 1.58. The van der Waals surface area contributed by atoms with Gasteiger partial charge in [-0.25, -0.2) is 9.48 Å². The number of unbranched alkanes of at least 4 members (excludes halogenated alkanes) is 1. The van der Waals surface area contributed by atoms with E-state index in [0.717, 1.165) is 18.4 Å². The Morgan fingerprint density at radius 3 is 2.38 bits per heavy atom. The summed E-state index contributed by atoms with van der Waals surface area (Å²) < 4.78 is 11.7. The first-order chi connectivity index (χ1) is 15.5. The fourth-order valence-corrected chi connectivity index (χ4v) is 2.88. The molecule has 0 saturated heterocycles. The van der Waals surface area contributed by atoms with Crippen LogP contribution in [0, 0.1) is 0 Å². The highest BCUT2D eigenvalue weighted by molar-refractivity contribution is 6.04. The van der Waals surface area contributed by atoms with Crippen LogP contribution in [-0.4, -0.2) is 28.8 Å². The van der Waals surface area contributed by atoms with Crippen molar-refractivity contribution in [2.45, 2.75) is 32.9 Å². The van der Waals surface area contributed by atoms with Gasteiger partial charge in [0.15, 0.2) is 5.69 Å². The van der Waals surface area contributed by atoms with E-state index in [1.165, 1.54) is 16.8 Å². The van der Waals surface area contributed by atoms with E-state index in [9.17, 15) is 14.4 Å². The third-order valence-corrected chi connectivity index (χ3v) is 4.73. The summed E-state index contributed by atoms with van der Waals surface area (Å²) in [5.41, 5.74) is 1.68. The lowest BCUT2D eigenvalue weighted by Gasteiger charge is -2.09. The highest BCUT2D eigenvalue weighted by Gasteiger charge is 2.12. The molecular weight excluding hydrogens is 410 g/mol. The molecule has 0 fully saturated rings. The average Bonchev–Trinajstić information content (AvgIpc) is 2.82. The molecule has 3 aromatic rings. The molecule has 1 amide bonds. The van der Waals surface area contributed by atoms with E-state index >= 15 is 0 Å². The Balaban J connectivity index is 1.56. The summed E-state index contributed by atoms with van der Waals surface area (Å²) in [6.07, 6.45) is 1.71. The number of aryl methyl sites for hydroxylation is 1. The number of methoxy groups -OCH3 is 1. The van der Waals surface area contributed by atoms with Crippen LogP contribution in [0.4, 0.5) is 5.69 Å². The van der Waals surface area contributed by atoms with Crippen LogP contribution in [0.5, 0.6) is 5.75 Å². The largest absolute Gasteiger partial charge is 0.497 e. The van der Waals surface area contributed by atoms with Crippen molar-refractivity contribution in [1.29, 1.82) is 0 Å². The number of amides is 1. The fraction of sp³-hybridized carbons (Fsp3) is 0.250. The van der Waals surface area contributed by atoms with E-state index < -0.39 is 5.97 Å². The minimum Gasteiger partial charge on any atom is -0.497 e. The lowest BCUT2D eigenvalue weighted by molar-refractivity contribution is 0.0462. The molecule has 1 N–H and O–H groups in total. The van der Waals surface area contributed by atoms with Crippen LogP contribution in [-0.2, 0) is 17.9 Å². The first kappa shape index (κ1) is 22.7. The molecule has 0 aliphatic carbocycles. The summed E-state index contributed by atoms with van der Waals surface area (Å²) in [4.78, 5) is 36.5. The molecule has 8 heteroatoms. The molecule has 0 bridgehead atoms. The van der Waals surface area contributed by atoms with Gasteiger partial charge in [0.25, 0.3) is 11.5 Å². The van der Waals surface area contributed by atoms with Gasteiger partial charge in [0, 0.05) is 23.9 Å². The molecule has 1 heterocycles. The number of anilines is 1. The molecule has 166 valence electrons. The van der Waals surface area contributed by atoms with Crippen LogP contribution < -0.4 is 15.6 Å². The molecule has 0 aliphatic rings. The quantitative estimate of drug-likeness (QED) is 0.515. The maximum Gasteiger partial charge on any atom is 0.359 e. The van der Waals surface area contributed by atoms with Crippen LogP contribution in [0.25, 0.3) is 0 Å². The van der Waals surface area contributed by atoms with Crippen molar-refractivity contribution in [3.05, 3.63) is 87.8 Å². The van der Waals surface area contributed by atoms with Gasteiger partial charge in [-0.05, 0) is 54.4 Å². The number of carbonyl (C=O) groups is 2. The van der Waals surface area contributed by atoms with Crippen LogP contribution in [0.1, 0.15) is 46.2 Å². The Morgan fingerprint density at radius 1 is 1.00 bits per heavy atom. The van der Waals surface area contributed by atoms with E-state index in [1.54, 1.807) is 55.6 Å². The summed E-state index contributed by atoms with van der Waals surface area (Å²) in [5.74, 6) is -0.161. The van der Waals surface area contributed by atoms with Crippen LogP contribution in [0.15, 0.2) is 65.5 Å². The van der Waals surface area contributed by atoms with Gasteiger partial charge >= 0.3 is 5.97 Å². The van der Waals surface area contributed by atoms with E-state index in [1.807, 2.05) is 6.92 Å². The zero-order valence-electron chi connectivity index (χ0n) is 18.0. The molecule has 3 rings (SSSR count). The number of rotatable bonds is 9. The first-order valence-corrected chi connectivity index (χ1v) is 10.3. The summed E-state index contributed by atoms with van der Waals surface area (Å²) in [6.45, 7) is 2.49. The Bertz CT molecular complexity index is 1120. The van der Waals surface area contributed by atoms with Gasteiger partial charge in [-0.3, -0.25) is 9.59 Å². The van der Waals surface area contributed by atoms with Crippen molar-refractivity contribution in [2.24, 2.45) is 0 Å². The van der Waals surface area contributed by atoms with Crippen molar-refractivity contribution in [2.75, 3.05) is 12.4 Å². The lowest BCUT2D eigenvalue weighted by Crippen LogP contribution is -2.25. The van der Waals surface area contributed by atoms with Crippen LogP contribution in [0.2, 0.25) is 0 Å². The maximum absolute atomic E-state index is 12.4. The van der Waals surface area contributed by atoms with E-state index in [2.05, 4.69) is 10.4 Å². The fourth-order valence-electron chi connectivity index (χ4n) is 2.88. The van der Waals surface area contributed by atoms with Gasteiger partial charge in [0.05, 0.1) is 7.11 Å². The molecule has 0 atom stereocenters. The monoisotopic (exact) mass is 435 g/mol. The number of hydrogen-bond donors (Lipinski definition) is 1. The first-order valence-electron chi connectivity index (χ1n) is 10.3. The minimum absolute atomic E-state index is 0.0228. The van der Waals surface area contributed by atoms with E-state index in [4.69, 9.17) is 9.47 Å². The van der Waals surface area contributed by atoms with E-state index in [0.29, 0.717) is 23.5 Å². The summed E-state index contributed by atoms with van der Waals surface area (Å²) in [5, 5.41) is 6.89. The molecule has 2 aromatic carbocycles. The van der Waals surface area contributed by atoms with Gasteiger partial charge in [0.2, 0.25) is 0 Å². The smallest absolute Gasteiger partial charge is 0.359 e. The molecule has 0 unspecified atom stereocenters. The zero-order chi connectivity index (χ0) is 22.9.